The number of carbonyl (C=O) groups is 1. The van der Waals surface area contributed by atoms with E-state index < -0.39 is 12.0 Å². The molecule has 1 heterocycles. The van der Waals surface area contributed by atoms with E-state index in [-0.39, 0.29) is 0 Å². The highest BCUT2D eigenvalue weighted by atomic mass is 16.5. The van der Waals surface area contributed by atoms with Gasteiger partial charge in [0.05, 0.1) is 13.2 Å². The van der Waals surface area contributed by atoms with Crippen molar-refractivity contribution in [2.75, 3.05) is 31.2 Å². The van der Waals surface area contributed by atoms with E-state index >= 15 is 0 Å². The SMILES string of the molecule is Cc1cc(CC(N)C(=O)O)cc(C)c1N1CCOCC1. The highest BCUT2D eigenvalue weighted by Gasteiger charge is 2.18. The second kappa shape index (κ2) is 6.24. The van der Waals surface area contributed by atoms with Crippen LogP contribution in [0.3, 0.4) is 0 Å². The number of nitrogens with zero attached hydrogens (tertiary/aromatic N) is 1. The molecule has 0 bridgehead atoms. The highest BCUT2D eigenvalue weighted by molar-refractivity contribution is 5.73. The molecule has 0 aromatic heterocycles. The van der Waals surface area contributed by atoms with E-state index in [1.165, 1.54) is 16.8 Å². The van der Waals surface area contributed by atoms with Gasteiger partial charge >= 0.3 is 5.97 Å². The number of benzene rings is 1. The molecule has 0 radical (unpaired) electrons. The zero-order valence-corrected chi connectivity index (χ0v) is 12.1. The maximum absolute atomic E-state index is 10.8. The number of ether oxygens (including phenoxy) is 1. The molecule has 0 saturated carbocycles. The van der Waals surface area contributed by atoms with Gasteiger partial charge in [-0.1, -0.05) is 12.1 Å². The van der Waals surface area contributed by atoms with E-state index in [1.807, 2.05) is 12.1 Å². The summed E-state index contributed by atoms with van der Waals surface area (Å²) < 4.78 is 5.38. The fourth-order valence-corrected chi connectivity index (χ4v) is 2.79. The molecule has 1 aromatic rings. The Balaban J connectivity index is 2.22. The number of anilines is 1. The number of hydrogen-bond acceptors (Lipinski definition) is 4. The summed E-state index contributed by atoms with van der Waals surface area (Å²) >= 11 is 0. The van der Waals surface area contributed by atoms with Crippen LogP contribution in [0.5, 0.6) is 0 Å². The van der Waals surface area contributed by atoms with E-state index in [0.29, 0.717) is 6.42 Å². The molecule has 3 N–H and O–H groups in total. The van der Waals surface area contributed by atoms with Gasteiger partial charge in [-0.3, -0.25) is 4.79 Å². The zero-order valence-electron chi connectivity index (χ0n) is 12.1. The van der Waals surface area contributed by atoms with Gasteiger partial charge in [0, 0.05) is 18.8 Å². The Hall–Kier alpha value is -1.59. The van der Waals surface area contributed by atoms with Crippen molar-refractivity contribution in [1.29, 1.82) is 0 Å². The van der Waals surface area contributed by atoms with E-state index in [1.54, 1.807) is 0 Å². The number of carboxylic acids is 1. The van der Waals surface area contributed by atoms with Crippen LogP contribution in [0.25, 0.3) is 0 Å². The van der Waals surface area contributed by atoms with Crippen molar-refractivity contribution >= 4 is 11.7 Å². The average Bonchev–Trinajstić information content (AvgIpc) is 2.39. The van der Waals surface area contributed by atoms with Crippen LogP contribution in [0.4, 0.5) is 5.69 Å². The molecular weight excluding hydrogens is 256 g/mol. The van der Waals surface area contributed by atoms with Crippen molar-refractivity contribution in [1.82, 2.24) is 0 Å². The first-order chi connectivity index (χ1) is 9.49. The van der Waals surface area contributed by atoms with Crippen molar-refractivity contribution in [3.05, 3.63) is 28.8 Å². The fraction of sp³-hybridized carbons (Fsp3) is 0.533. The average molecular weight is 278 g/mol. The molecule has 1 aliphatic heterocycles. The number of rotatable bonds is 4. The number of morpholine rings is 1. The number of carboxylic acid groups (broad SMARTS) is 1. The Morgan fingerprint density at radius 3 is 2.40 bits per heavy atom. The van der Waals surface area contributed by atoms with Crippen LogP contribution in [-0.2, 0) is 16.0 Å². The van der Waals surface area contributed by atoms with Gasteiger partial charge in [0.25, 0.3) is 0 Å². The van der Waals surface area contributed by atoms with Gasteiger partial charge in [-0.05, 0) is 37.0 Å². The van der Waals surface area contributed by atoms with Crippen molar-refractivity contribution in [2.45, 2.75) is 26.3 Å². The van der Waals surface area contributed by atoms with Crippen LogP contribution in [0.15, 0.2) is 12.1 Å². The summed E-state index contributed by atoms with van der Waals surface area (Å²) in [6, 6.07) is 3.24. The van der Waals surface area contributed by atoms with E-state index in [9.17, 15) is 4.79 Å². The summed E-state index contributed by atoms with van der Waals surface area (Å²) in [7, 11) is 0. The summed E-state index contributed by atoms with van der Waals surface area (Å²) in [5, 5.41) is 8.89. The lowest BCUT2D eigenvalue weighted by Gasteiger charge is -2.32. The number of nitrogens with two attached hydrogens (primary N) is 1. The first-order valence-corrected chi connectivity index (χ1v) is 6.90. The molecule has 1 aliphatic rings. The molecule has 2 rings (SSSR count). The quantitative estimate of drug-likeness (QED) is 0.862. The zero-order chi connectivity index (χ0) is 14.7. The van der Waals surface area contributed by atoms with Gasteiger partial charge in [0.2, 0.25) is 0 Å². The van der Waals surface area contributed by atoms with Crippen molar-refractivity contribution in [3.63, 3.8) is 0 Å². The monoisotopic (exact) mass is 278 g/mol. The fourth-order valence-electron chi connectivity index (χ4n) is 2.79. The second-order valence-corrected chi connectivity index (χ2v) is 5.33. The topological polar surface area (TPSA) is 75.8 Å². The van der Waals surface area contributed by atoms with Crippen molar-refractivity contribution in [2.24, 2.45) is 5.73 Å². The van der Waals surface area contributed by atoms with Gasteiger partial charge < -0.3 is 20.5 Å². The number of aliphatic carboxylic acids is 1. The van der Waals surface area contributed by atoms with E-state index in [0.717, 1.165) is 31.9 Å². The van der Waals surface area contributed by atoms with Gasteiger partial charge in [-0.15, -0.1) is 0 Å². The third kappa shape index (κ3) is 3.29. The molecule has 5 nitrogen and oxygen atoms in total. The van der Waals surface area contributed by atoms with Gasteiger partial charge in [-0.2, -0.15) is 0 Å². The van der Waals surface area contributed by atoms with Crippen LogP contribution in [0, 0.1) is 13.8 Å². The lowest BCUT2D eigenvalue weighted by molar-refractivity contribution is -0.138. The van der Waals surface area contributed by atoms with E-state index in [4.69, 9.17) is 15.6 Å². The summed E-state index contributed by atoms with van der Waals surface area (Å²) in [6.45, 7) is 7.43. The van der Waals surface area contributed by atoms with Crippen LogP contribution >= 0.6 is 0 Å². The Morgan fingerprint density at radius 1 is 1.35 bits per heavy atom. The Labute approximate surface area is 119 Å². The maximum atomic E-state index is 10.8. The largest absolute Gasteiger partial charge is 0.480 e. The van der Waals surface area contributed by atoms with Gasteiger partial charge in [0.1, 0.15) is 6.04 Å². The standard InChI is InChI=1S/C15H22N2O3/c1-10-7-12(9-13(16)15(18)19)8-11(2)14(10)17-3-5-20-6-4-17/h7-8,13H,3-6,9,16H2,1-2H3,(H,18,19). The van der Waals surface area contributed by atoms with Crippen LogP contribution in [-0.4, -0.2) is 43.4 Å². The molecule has 1 unspecified atom stereocenters. The normalized spacial score (nSPS) is 17.1. The first kappa shape index (κ1) is 14.8. The number of aryl methyl sites for hydroxylation is 2. The van der Waals surface area contributed by atoms with Crippen molar-refractivity contribution < 1.29 is 14.6 Å². The molecule has 20 heavy (non-hydrogen) atoms. The molecule has 110 valence electrons. The van der Waals surface area contributed by atoms with Crippen molar-refractivity contribution in [3.8, 4) is 0 Å². The lowest BCUT2D eigenvalue weighted by Crippen LogP contribution is -2.37. The highest BCUT2D eigenvalue weighted by Crippen LogP contribution is 2.27. The van der Waals surface area contributed by atoms with Crippen LogP contribution in [0.1, 0.15) is 16.7 Å². The molecule has 1 atom stereocenters. The van der Waals surface area contributed by atoms with Crippen LogP contribution in [0.2, 0.25) is 0 Å². The predicted molar refractivity (Wildman–Crippen MR) is 78.3 cm³/mol. The van der Waals surface area contributed by atoms with Crippen LogP contribution < -0.4 is 10.6 Å². The minimum Gasteiger partial charge on any atom is -0.480 e. The molecular formula is C15H22N2O3. The molecule has 0 amide bonds. The second-order valence-electron chi connectivity index (χ2n) is 5.33. The summed E-state index contributed by atoms with van der Waals surface area (Å²) in [5.74, 6) is -0.961. The summed E-state index contributed by atoms with van der Waals surface area (Å²) in [6.07, 6.45) is 0.362. The molecule has 1 fully saturated rings. The molecule has 1 saturated heterocycles. The minimum atomic E-state index is -0.961. The van der Waals surface area contributed by atoms with Gasteiger partial charge in [0.15, 0.2) is 0 Å². The first-order valence-electron chi connectivity index (χ1n) is 6.90. The summed E-state index contributed by atoms with van der Waals surface area (Å²) in [4.78, 5) is 13.2. The lowest BCUT2D eigenvalue weighted by atomic mass is 9.98. The third-order valence-electron chi connectivity index (χ3n) is 3.65. The molecule has 0 spiro atoms. The Kier molecular flexibility index (Phi) is 4.62. The predicted octanol–water partition coefficient (Wildman–Crippen LogP) is 1.09. The third-order valence-corrected chi connectivity index (χ3v) is 3.65. The maximum Gasteiger partial charge on any atom is 0.320 e. The molecule has 0 aliphatic carbocycles. The minimum absolute atomic E-state index is 0.362. The summed E-state index contributed by atoms with van der Waals surface area (Å²) in [5.41, 5.74) is 10.2. The molecule has 1 aromatic carbocycles. The number of hydrogen-bond donors (Lipinski definition) is 2. The molecule has 5 heteroatoms. The smallest absolute Gasteiger partial charge is 0.320 e. The van der Waals surface area contributed by atoms with Gasteiger partial charge in [-0.25, -0.2) is 0 Å². The Bertz CT molecular complexity index is 473. The Morgan fingerprint density at radius 2 is 1.90 bits per heavy atom. The van der Waals surface area contributed by atoms with E-state index in [2.05, 4.69) is 18.7 Å².